The van der Waals surface area contributed by atoms with E-state index in [0.29, 0.717) is 5.78 Å². The smallest absolute Gasteiger partial charge is 0.149 e. The lowest BCUT2D eigenvalue weighted by molar-refractivity contribution is -0.124. The second kappa shape index (κ2) is 3.35. The van der Waals surface area contributed by atoms with Crippen LogP contribution in [0.4, 0.5) is 0 Å². The molecule has 11 heavy (non-hydrogen) atoms. The molecule has 0 heterocycles. The molecule has 0 atom stereocenters. The Kier molecular flexibility index (Phi) is 2.66. The van der Waals surface area contributed by atoms with Gasteiger partial charge in [0.2, 0.25) is 0 Å². The molecule has 2 nitrogen and oxygen atoms in total. The van der Waals surface area contributed by atoms with Crippen molar-refractivity contribution in [2.45, 2.75) is 44.6 Å². The molecular formula is C9H17NO. The van der Waals surface area contributed by atoms with E-state index in [9.17, 15) is 4.79 Å². The lowest BCUT2D eigenvalue weighted by Gasteiger charge is -2.34. The molecule has 0 spiro atoms. The predicted octanol–water partition coefficient (Wildman–Crippen LogP) is 1.50. The Labute approximate surface area is 68.4 Å². The number of likely N-dealkylation sites (N-methyl/N-ethyl adjacent to an activating group) is 1. The standard InChI is InChI=1S/C9H17NO/c1-8(11)9(10-2)6-4-3-5-7-9/h10H,3-7H2,1-2H3. The molecule has 0 amide bonds. The summed E-state index contributed by atoms with van der Waals surface area (Å²) in [6.45, 7) is 1.70. The van der Waals surface area contributed by atoms with E-state index in [1.807, 2.05) is 7.05 Å². The summed E-state index contributed by atoms with van der Waals surface area (Å²) in [5, 5.41) is 3.17. The van der Waals surface area contributed by atoms with Crippen molar-refractivity contribution in [3.63, 3.8) is 0 Å². The average molecular weight is 155 g/mol. The van der Waals surface area contributed by atoms with Gasteiger partial charge >= 0.3 is 0 Å². The molecule has 64 valence electrons. The minimum atomic E-state index is -0.168. The van der Waals surface area contributed by atoms with Gasteiger partial charge in [0.1, 0.15) is 5.78 Å². The fraction of sp³-hybridized carbons (Fsp3) is 0.889. The molecular weight excluding hydrogens is 138 g/mol. The topological polar surface area (TPSA) is 29.1 Å². The Balaban J connectivity index is 2.64. The second-order valence-corrected chi connectivity index (χ2v) is 3.45. The van der Waals surface area contributed by atoms with Crippen molar-refractivity contribution >= 4 is 5.78 Å². The van der Waals surface area contributed by atoms with Gasteiger partial charge in [-0.25, -0.2) is 0 Å². The van der Waals surface area contributed by atoms with Crippen LogP contribution in [0.25, 0.3) is 0 Å². The van der Waals surface area contributed by atoms with Crippen LogP contribution < -0.4 is 5.32 Å². The number of hydrogen-bond acceptors (Lipinski definition) is 2. The van der Waals surface area contributed by atoms with Crippen molar-refractivity contribution < 1.29 is 4.79 Å². The zero-order valence-corrected chi connectivity index (χ0v) is 7.44. The Morgan fingerprint density at radius 1 is 1.27 bits per heavy atom. The molecule has 0 bridgehead atoms. The van der Waals surface area contributed by atoms with Gasteiger partial charge in [0.15, 0.2) is 0 Å². The van der Waals surface area contributed by atoms with Crippen LogP contribution in [0.15, 0.2) is 0 Å². The number of carbonyl (C=O) groups excluding carboxylic acids is 1. The number of carbonyl (C=O) groups is 1. The predicted molar refractivity (Wildman–Crippen MR) is 45.6 cm³/mol. The highest BCUT2D eigenvalue weighted by atomic mass is 16.1. The maximum atomic E-state index is 11.3. The van der Waals surface area contributed by atoms with Gasteiger partial charge in [-0.15, -0.1) is 0 Å². The van der Waals surface area contributed by atoms with Crippen LogP contribution >= 0.6 is 0 Å². The maximum Gasteiger partial charge on any atom is 0.149 e. The van der Waals surface area contributed by atoms with E-state index in [0.717, 1.165) is 12.8 Å². The Hall–Kier alpha value is -0.370. The lowest BCUT2D eigenvalue weighted by atomic mass is 9.79. The van der Waals surface area contributed by atoms with Crippen LogP contribution in [0.3, 0.4) is 0 Å². The third-order valence-electron chi connectivity index (χ3n) is 2.86. The molecule has 1 N–H and O–H groups in total. The van der Waals surface area contributed by atoms with E-state index >= 15 is 0 Å². The van der Waals surface area contributed by atoms with Crippen LogP contribution in [0.2, 0.25) is 0 Å². The first-order valence-electron chi connectivity index (χ1n) is 4.41. The number of ketones is 1. The molecule has 1 fully saturated rings. The Morgan fingerprint density at radius 2 is 1.82 bits per heavy atom. The number of Topliss-reactive ketones (excluding diaryl/α,β-unsaturated/α-hetero) is 1. The van der Waals surface area contributed by atoms with Crippen molar-refractivity contribution in [3.8, 4) is 0 Å². The summed E-state index contributed by atoms with van der Waals surface area (Å²) in [5.74, 6) is 0.305. The summed E-state index contributed by atoms with van der Waals surface area (Å²) >= 11 is 0. The summed E-state index contributed by atoms with van der Waals surface area (Å²) in [6, 6.07) is 0. The first-order chi connectivity index (χ1) is 5.21. The molecule has 0 saturated heterocycles. The van der Waals surface area contributed by atoms with E-state index in [1.165, 1.54) is 19.3 Å². The van der Waals surface area contributed by atoms with E-state index in [4.69, 9.17) is 0 Å². The maximum absolute atomic E-state index is 11.3. The van der Waals surface area contributed by atoms with Crippen LogP contribution in [0, 0.1) is 0 Å². The Bertz CT molecular complexity index is 148. The van der Waals surface area contributed by atoms with Crippen molar-refractivity contribution in [2.75, 3.05) is 7.05 Å². The van der Waals surface area contributed by atoms with E-state index < -0.39 is 0 Å². The van der Waals surface area contributed by atoms with E-state index in [1.54, 1.807) is 6.92 Å². The van der Waals surface area contributed by atoms with Gasteiger partial charge in [-0.1, -0.05) is 19.3 Å². The molecule has 0 aromatic rings. The van der Waals surface area contributed by atoms with Crippen molar-refractivity contribution in [1.82, 2.24) is 5.32 Å². The largest absolute Gasteiger partial charge is 0.308 e. The molecule has 1 aliphatic carbocycles. The molecule has 0 radical (unpaired) electrons. The Morgan fingerprint density at radius 3 is 2.09 bits per heavy atom. The molecule has 1 rings (SSSR count). The summed E-state index contributed by atoms with van der Waals surface area (Å²) in [6.07, 6.45) is 5.73. The summed E-state index contributed by atoms with van der Waals surface area (Å²) in [4.78, 5) is 11.3. The van der Waals surface area contributed by atoms with Crippen LogP contribution in [-0.2, 0) is 4.79 Å². The third kappa shape index (κ3) is 1.62. The van der Waals surface area contributed by atoms with Gasteiger partial charge in [-0.3, -0.25) is 4.79 Å². The third-order valence-corrected chi connectivity index (χ3v) is 2.86. The quantitative estimate of drug-likeness (QED) is 0.654. The van der Waals surface area contributed by atoms with Crippen molar-refractivity contribution in [2.24, 2.45) is 0 Å². The zero-order valence-electron chi connectivity index (χ0n) is 7.44. The molecule has 0 aromatic carbocycles. The highest BCUT2D eigenvalue weighted by Crippen LogP contribution is 2.28. The second-order valence-electron chi connectivity index (χ2n) is 3.45. The van der Waals surface area contributed by atoms with Crippen LogP contribution in [0.5, 0.6) is 0 Å². The number of hydrogen-bond donors (Lipinski definition) is 1. The highest BCUT2D eigenvalue weighted by molar-refractivity contribution is 5.86. The lowest BCUT2D eigenvalue weighted by Crippen LogP contribution is -2.50. The minimum Gasteiger partial charge on any atom is -0.308 e. The first-order valence-corrected chi connectivity index (χ1v) is 4.41. The van der Waals surface area contributed by atoms with E-state index in [-0.39, 0.29) is 5.54 Å². The van der Waals surface area contributed by atoms with Crippen molar-refractivity contribution in [1.29, 1.82) is 0 Å². The van der Waals surface area contributed by atoms with Crippen LogP contribution in [0.1, 0.15) is 39.0 Å². The zero-order chi connectivity index (χ0) is 8.32. The number of nitrogens with one attached hydrogen (secondary N) is 1. The average Bonchev–Trinajstić information content (AvgIpc) is 2.05. The minimum absolute atomic E-state index is 0.168. The van der Waals surface area contributed by atoms with Crippen LogP contribution in [-0.4, -0.2) is 18.4 Å². The molecule has 1 saturated carbocycles. The monoisotopic (exact) mass is 155 g/mol. The van der Waals surface area contributed by atoms with Gasteiger partial charge in [0.05, 0.1) is 5.54 Å². The summed E-state index contributed by atoms with van der Waals surface area (Å²) < 4.78 is 0. The molecule has 1 aliphatic rings. The van der Waals surface area contributed by atoms with Gasteiger partial charge < -0.3 is 5.32 Å². The normalized spacial score (nSPS) is 23.1. The fourth-order valence-corrected chi connectivity index (χ4v) is 1.93. The number of rotatable bonds is 2. The first kappa shape index (κ1) is 8.72. The molecule has 0 unspecified atom stereocenters. The SMILES string of the molecule is CNC1(C(C)=O)CCCCC1. The van der Waals surface area contributed by atoms with Gasteiger partial charge in [0, 0.05) is 0 Å². The summed E-state index contributed by atoms with van der Waals surface area (Å²) in [5.41, 5.74) is -0.168. The molecule has 0 aromatic heterocycles. The van der Waals surface area contributed by atoms with E-state index in [2.05, 4.69) is 5.32 Å². The van der Waals surface area contributed by atoms with Crippen molar-refractivity contribution in [3.05, 3.63) is 0 Å². The molecule has 2 heteroatoms. The highest BCUT2D eigenvalue weighted by Gasteiger charge is 2.34. The van der Waals surface area contributed by atoms with Gasteiger partial charge in [-0.2, -0.15) is 0 Å². The fourth-order valence-electron chi connectivity index (χ4n) is 1.93. The summed E-state index contributed by atoms with van der Waals surface area (Å²) in [7, 11) is 1.90. The molecule has 0 aliphatic heterocycles. The van der Waals surface area contributed by atoms with Gasteiger partial charge in [0.25, 0.3) is 0 Å². The van der Waals surface area contributed by atoms with Gasteiger partial charge in [-0.05, 0) is 26.8 Å².